The van der Waals surface area contributed by atoms with Gasteiger partial charge in [-0.3, -0.25) is 4.79 Å². The van der Waals surface area contributed by atoms with Gasteiger partial charge in [-0.2, -0.15) is 16.9 Å². The van der Waals surface area contributed by atoms with Gasteiger partial charge < -0.3 is 10.4 Å². The largest absolute Gasteiger partial charge is 0.479 e. The fourth-order valence-electron chi connectivity index (χ4n) is 2.38. The van der Waals surface area contributed by atoms with Gasteiger partial charge in [0.1, 0.15) is 17.0 Å². The minimum atomic E-state index is -1.26. The van der Waals surface area contributed by atoms with Crippen molar-refractivity contribution < 1.29 is 19.1 Å². The Morgan fingerprint density at radius 3 is 2.78 bits per heavy atom. The highest BCUT2D eigenvalue weighted by molar-refractivity contribution is 7.99. The Kier molecular flexibility index (Phi) is 4.08. The number of aromatic nitrogens is 2. The number of hydrogen-bond acceptors (Lipinski definition) is 4. The maximum absolute atomic E-state index is 13.7. The number of carbonyl (C=O) groups excluding carboxylic acids is 1. The number of carboxylic acids is 1. The summed E-state index contributed by atoms with van der Waals surface area (Å²) in [6.07, 6.45) is 1.83. The smallest absolute Gasteiger partial charge is 0.330 e. The lowest BCUT2D eigenvalue weighted by molar-refractivity contribution is -0.143. The van der Waals surface area contributed by atoms with Crippen LogP contribution in [0.25, 0.3) is 5.69 Å². The highest BCUT2D eigenvalue weighted by Crippen LogP contribution is 2.28. The molecule has 1 saturated heterocycles. The molecule has 120 valence electrons. The molecule has 1 unspecified atom stereocenters. The van der Waals surface area contributed by atoms with E-state index in [4.69, 9.17) is 0 Å². The fraction of sp³-hybridized carbons (Fsp3) is 0.267. The number of halogens is 1. The first-order valence-corrected chi connectivity index (χ1v) is 8.11. The quantitative estimate of drug-likeness (QED) is 0.888. The van der Waals surface area contributed by atoms with E-state index in [9.17, 15) is 19.1 Å². The lowest BCUT2D eigenvalue weighted by Gasteiger charge is -2.23. The van der Waals surface area contributed by atoms with Gasteiger partial charge in [0.25, 0.3) is 5.91 Å². The average Bonchev–Trinajstić information content (AvgIpc) is 3.17. The van der Waals surface area contributed by atoms with Gasteiger partial charge in [0.15, 0.2) is 5.69 Å². The van der Waals surface area contributed by atoms with Crippen LogP contribution in [0, 0.1) is 5.82 Å². The van der Waals surface area contributed by atoms with Crippen LogP contribution in [0.2, 0.25) is 0 Å². The SMILES string of the molecule is O=C(NC1(C(=O)O)CCSC1)c1ccn(-c2ccccc2F)n1. The third kappa shape index (κ3) is 2.94. The van der Waals surface area contributed by atoms with E-state index in [2.05, 4.69) is 10.4 Å². The number of nitrogens with one attached hydrogen (secondary N) is 1. The van der Waals surface area contributed by atoms with E-state index < -0.39 is 23.2 Å². The van der Waals surface area contributed by atoms with Crippen LogP contribution in [0.15, 0.2) is 36.5 Å². The second kappa shape index (κ2) is 6.04. The molecule has 0 spiro atoms. The third-order valence-corrected chi connectivity index (χ3v) is 4.89. The van der Waals surface area contributed by atoms with Gasteiger partial charge in [0.2, 0.25) is 0 Å². The van der Waals surface area contributed by atoms with Gasteiger partial charge in [-0.05, 0) is 30.4 Å². The molecule has 1 fully saturated rings. The summed E-state index contributed by atoms with van der Waals surface area (Å²) in [5.74, 6) is -1.09. The Morgan fingerprint density at radius 2 is 2.13 bits per heavy atom. The number of nitrogens with zero attached hydrogens (tertiary/aromatic N) is 2. The van der Waals surface area contributed by atoms with Crippen LogP contribution in [0.1, 0.15) is 16.9 Å². The first-order chi connectivity index (χ1) is 11.0. The molecule has 1 aromatic carbocycles. The number of hydrogen-bond donors (Lipinski definition) is 2. The lowest BCUT2D eigenvalue weighted by Crippen LogP contribution is -2.54. The zero-order valence-electron chi connectivity index (χ0n) is 12.0. The summed E-state index contributed by atoms with van der Waals surface area (Å²) in [7, 11) is 0. The van der Waals surface area contributed by atoms with Crippen molar-refractivity contribution in [1.29, 1.82) is 0 Å². The molecule has 2 aromatic rings. The van der Waals surface area contributed by atoms with E-state index >= 15 is 0 Å². The summed E-state index contributed by atoms with van der Waals surface area (Å²) in [5, 5.41) is 16.0. The zero-order chi connectivity index (χ0) is 16.4. The maximum atomic E-state index is 13.7. The highest BCUT2D eigenvalue weighted by Gasteiger charge is 2.43. The Hall–Kier alpha value is -2.35. The predicted molar refractivity (Wildman–Crippen MR) is 83.3 cm³/mol. The highest BCUT2D eigenvalue weighted by atomic mass is 32.2. The van der Waals surface area contributed by atoms with Crippen LogP contribution in [0.3, 0.4) is 0 Å². The van der Waals surface area contributed by atoms with Crippen molar-refractivity contribution >= 4 is 23.6 Å². The van der Waals surface area contributed by atoms with Crippen molar-refractivity contribution in [1.82, 2.24) is 15.1 Å². The normalized spacial score (nSPS) is 20.4. The lowest BCUT2D eigenvalue weighted by atomic mass is 9.99. The number of aliphatic carboxylic acids is 1. The first-order valence-electron chi connectivity index (χ1n) is 6.96. The van der Waals surface area contributed by atoms with Crippen LogP contribution in [-0.4, -0.2) is 43.8 Å². The number of carboxylic acid groups (broad SMARTS) is 1. The van der Waals surface area contributed by atoms with E-state index in [0.29, 0.717) is 17.9 Å². The molecule has 1 amide bonds. The van der Waals surface area contributed by atoms with E-state index in [0.717, 1.165) is 0 Å². The molecule has 1 atom stereocenters. The van der Waals surface area contributed by atoms with Crippen LogP contribution in [0.4, 0.5) is 4.39 Å². The van der Waals surface area contributed by atoms with E-state index in [1.54, 1.807) is 12.1 Å². The molecule has 0 aliphatic carbocycles. The summed E-state index contributed by atoms with van der Waals surface area (Å²) < 4.78 is 15.0. The number of amides is 1. The average molecular weight is 335 g/mol. The van der Waals surface area contributed by atoms with E-state index in [1.165, 1.54) is 40.8 Å². The summed E-state index contributed by atoms with van der Waals surface area (Å²) in [6.45, 7) is 0. The third-order valence-electron chi connectivity index (χ3n) is 3.70. The second-order valence-corrected chi connectivity index (χ2v) is 6.35. The van der Waals surface area contributed by atoms with Crippen LogP contribution < -0.4 is 5.32 Å². The Balaban J connectivity index is 1.82. The number of thioether (sulfide) groups is 1. The van der Waals surface area contributed by atoms with Crippen molar-refractivity contribution in [3.05, 3.63) is 48.0 Å². The molecule has 1 aliphatic rings. The fourth-order valence-corrected chi connectivity index (χ4v) is 3.71. The van der Waals surface area contributed by atoms with Gasteiger partial charge >= 0.3 is 5.97 Å². The Labute approximate surface area is 135 Å². The molecule has 0 radical (unpaired) electrons. The molecule has 2 N–H and O–H groups in total. The van der Waals surface area contributed by atoms with Gasteiger partial charge in [-0.25, -0.2) is 13.9 Å². The molecule has 2 heterocycles. The van der Waals surface area contributed by atoms with Crippen molar-refractivity contribution in [2.45, 2.75) is 12.0 Å². The summed E-state index contributed by atoms with van der Waals surface area (Å²) in [6, 6.07) is 7.49. The Morgan fingerprint density at radius 1 is 1.35 bits per heavy atom. The van der Waals surface area contributed by atoms with Gasteiger partial charge in [0.05, 0.1) is 0 Å². The van der Waals surface area contributed by atoms with E-state index in [-0.39, 0.29) is 11.4 Å². The molecular formula is C15H14FN3O3S. The topological polar surface area (TPSA) is 84.2 Å². The standard InChI is InChI=1S/C15H14FN3O3S/c16-10-3-1-2-4-12(10)19-7-5-11(18-19)13(20)17-15(14(21)22)6-8-23-9-15/h1-5,7H,6,8-9H2,(H,17,20)(H,21,22). The molecule has 6 nitrogen and oxygen atoms in total. The van der Waals surface area contributed by atoms with Crippen LogP contribution in [0.5, 0.6) is 0 Å². The molecule has 1 aromatic heterocycles. The van der Waals surface area contributed by atoms with Gasteiger partial charge in [-0.1, -0.05) is 12.1 Å². The number of benzene rings is 1. The minimum Gasteiger partial charge on any atom is -0.479 e. The van der Waals surface area contributed by atoms with Crippen LogP contribution in [-0.2, 0) is 4.79 Å². The minimum absolute atomic E-state index is 0.0470. The second-order valence-electron chi connectivity index (χ2n) is 5.24. The molecule has 0 bridgehead atoms. The molecule has 1 aliphatic heterocycles. The summed E-state index contributed by atoms with van der Waals surface area (Å²) in [4.78, 5) is 23.7. The summed E-state index contributed by atoms with van der Waals surface area (Å²) >= 11 is 1.48. The monoisotopic (exact) mass is 335 g/mol. The van der Waals surface area contributed by atoms with Crippen molar-refractivity contribution in [2.75, 3.05) is 11.5 Å². The molecule has 3 rings (SSSR count). The molecule has 8 heteroatoms. The molecule has 0 saturated carbocycles. The first kappa shape index (κ1) is 15.5. The van der Waals surface area contributed by atoms with Crippen molar-refractivity contribution in [3.8, 4) is 5.69 Å². The zero-order valence-corrected chi connectivity index (χ0v) is 12.8. The van der Waals surface area contributed by atoms with Crippen molar-refractivity contribution in [3.63, 3.8) is 0 Å². The van der Waals surface area contributed by atoms with E-state index in [1.807, 2.05) is 0 Å². The maximum Gasteiger partial charge on any atom is 0.330 e. The van der Waals surface area contributed by atoms with Crippen LogP contribution >= 0.6 is 11.8 Å². The number of carbonyl (C=O) groups is 2. The van der Waals surface area contributed by atoms with Gasteiger partial charge in [0, 0.05) is 11.9 Å². The van der Waals surface area contributed by atoms with Crippen molar-refractivity contribution in [2.24, 2.45) is 0 Å². The van der Waals surface area contributed by atoms with Gasteiger partial charge in [-0.15, -0.1) is 0 Å². The number of rotatable bonds is 4. The summed E-state index contributed by atoms with van der Waals surface area (Å²) in [5.41, 5.74) is -0.995. The number of para-hydroxylation sites is 1. The predicted octanol–water partition coefficient (Wildman–Crippen LogP) is 1.70. The molecular weight excluding hydrogens is 321 g/mol. The molecule has 23 heavy (non-hydrogen) atoms. The Bertz CT molecular complexity index is 756.